The summed E-state index contributed by atoms with van der Waals surface area (Å²) in [5.41, 5.74) is 6.60. The average Bonchev–Trinajstić information content (AvgIpc) is 2.08. The number of hydrogen-bond donors (Lipinski definition) is 1. The minimum absolute atomic E-state index is 0.0219. The molecule has 2 N–H and O–H groups in total. The van der Waals surface area contributed by atoms with Crippen LogP contribution in [0.1, 0.15) is 25.5 Å². The van der Waals surface area contributed by atoms with E-state index in [9.17, 15) is 4.39 Å². The van der Waals surface area contributed by atoms with Gasteiger partial charge in [-0.1, -0.05) is 25.4 Å². The third-order valence-corrected chi connectivity index (χ3v) is 2.19. The van der Waals surface area contributed by atoms with Gasteiger partial charge in [0, 0.05) is 12.2 Å². The molecule has 1 rings (SSSR count). The summed E-state index contributed by atoms with van der Waals surface area (Å²) in [4.78, 5) is 3.50. The van der Waals surface area contributed by atoms with Gasteiger partial charge in [0.05, 0.1) is 5.02 Å². The lowest BCUT2D eigenvalue weighted by molar-refractivity contribution is 0.508. The number of rotatable bonds is 2. The van der Waals surface area contributed by atoms with E-state index in [-0.39, 0.29) is 17.0 Å². The largest absolute Gasteiger partial charge is 0.324 e. The fourth-order valence-corrected chi connectivity index (χ4v) is 1.18. The van der Waals surface area contributed by atoms with Crippen molar-refractivity contribution in [3.05, 3.63) is 28.8 Å². The Labute approximate surface area is 81.9 Å². The molecule has 4 heteroatoms. The van der Waals surface area contributed by atoms with E-state index in [0.717, 1.165) is 5.56 Å². The van der Waals surface area contributed by atoms with Crippen LogP contribution in [0.25, 0.3) is 0 Å². The quantitative estimate of drug-likeness (QED) is 0.749. The third-order valence-electron chi connectivity index (χ3n) is 1.92. The second-order valence-electron chi connectivity index (χ2n) is 3.31. The number of hydrogen-bond acceptors (Lipinski definition) is 2. The lowest BCUT2D eigenvalue weighted by atomic mass is 9.99. The summed E-state index contributed by atoms with van der Waals surface area (Å²) in [5.74, 6) is -0.371. The maximum Gasteiger partial charge on any atom is 0.231 e. The Hall–Kier alpha value is -0.670. The van der Waals surface area contributed by atoms with E-state index in [1.165, 1.54) is 12.3 Å². The summed E-state index contributed by atoms with van der Waals surface area (Å²) in [6.07, 6.45) is 1.42. The number of pyridine rings is 1. The van der Waals surface area contributed by atoms with Crippen molar-refractivity contribution in [2.75, 3.05) is 0 Å². The van der Waals surface area contributed by atoms with Crippen LogP contribution in [-0.4, -0.2) is 4.98 Å². The van der Waals surface area contributed by atoms with Gasteiger partial charge in [0.15, 0.2) is 0 Å². The molecule has 1 atom stereocenters. The average molecular weight is 203 g/mol. The first-order chi connectivity index (χ1) is 6.02. The molecule has 2 nitrogen and oxygen atoms in total. The van der Waals surface area contributed by atoms with Crippen LogP contribution < -0.4 is 5.73 Å². The predicted molar refractivity (Wildman–Crippen MR) is 51.0 cm³/mol. The van der Waals surface area contributed by atoms with Crippen molar-refractivity contribution in [1.29, 1.82) is 0 Å². The highest BCUT2D eigenvalue weighted by atomic mass is 35.5. The van der Waals surface area contributed by atoms with Crippen molar-refractivity contribution >= 4 is 11.6 Å². The highest BCUT2D eigenvalue weighted by molar-refractivity contribution is 6.30. The van der Waals surface area contributed by atoms with Crippen LogP contribution in [0.4, 0.5) is 4.39 Å². The van der Waals surface area contributed by atoms with E-state index in [0.29, 0.717) is 0 Å². The number of aromatic nitrogens is 1. The SMILES string of the molecule is CC(C)[C@H](N)c1cnc(F)c(Cl)c1. The first-order valence-electron chi connectivity index (χ1n) is 4.09. The fourth-order valence-electron chi connectivity index (χ4n) is 1.00. The van der Waals surface area contributed by atoms with Gasteiger partial charge in [0.25, 0.3) is 0 Å². The van der Waals surface area contributed by atoms with E-state index in [4.69, 9.17) is 17.3 Å². The van der Waals surface area contributed by atoms with Crippen molar-refractivity contribution < 1.29 is 4.39 Å². The van der Waals surface area contributed by atoms with E-state index >= 15 is 0 Å². The van der Waals surface area contributed by atoms with E-state index < -0.39 is 5.95 Å². The van der Waals surface area contributed by atoms with Crippen molar-refractivity contribution in [3.63, 3.8) is 0 Å². The zero-order valence-corrected chi connectivity index (χ0v) is 8.35. The highest BCUT2D eigenvalue weighted by Gasteiger charge is 2.12. The molecule has 0 aromatic carbocycles. The molecule has 1 aromatic rings. The van der Waals surface area contributed by atoms with Gasteiger partial charge < -0.3 is 5.73 Å². The fraction of sp³-hybridized carbons (Fsp3) is 0.444. The molecule has 0 fully saturated rings. The molecule has 0 unspecified atom stereocenters. The Morgan fingerprint density at radius 3 is 2.62 bits per heavy atom. The van der Waals surface area contributed by atoms with Gasteiger partial charge in [-0.3, -0.25) is 0 Å². The molecule has 72 valence electrons. The highest BCUT2D eigenvalue weighted by Crippen LogP contribution is 2.21. The molecule has 0 saturated heterocycles. The molecule has 1 heterocycles. The van der Waals surface area contributed by atoms with Crippen LogP contribution in [0, 0.1) is 11.9 Å². The number of nitrogens with two attached hydrogens (primary N) is 1. The molecule has 1 aromatic heterocycles. The minimum atomic E-state index is -0.652. The Morgan fingerprint density at radius 1 is 1.54 bits per heavy atom. The lowest BCUT2D eigenvalue weighted by Gasteiger charge is -2.15. The first-order valence-corrected chi connectivity index (χ1v) is 4.46. The third kappa shape index (κ3) is 2.39. The zero-order valence-electron chi connectivity index (χ0n) is 7.59. The van der Waals surface area contributed by atoms with Gasteiger partial charge >= 0.3 is 0 Å². The Bertz CT molecular complexity index is 302. The van der Waals surface area contributed by atoms with Gasteiger partial charge in [-0.25, -0.2) is 4.98 Å². The maximum atomic E-state index is 12.7. The molecule has 13 heavy (non-hydrogen) atoms. The van der Waals surface area contributed by atoms with Crippen LogP contribution in [0.15, 0.2) is 12.3 Å². The molecule has 0 bridgehead atoms. The van der Waals surface area contributed by atoms with Crippen LogP contribution in [-0.2, 0) is 0 Å². The zero-order chi connectivity index (χ0) is 10.0. The van der Waals surface area contributed by atoms with Crippen LogP contribution >= 0.6 is 11.6 Å². The van der Waals surface area contributed by atoms with Crippen molar-refractivity contribution in [2.45, 2.75) is 19.9 Å². The Balaban J connectivity index is 2.97. The molecule has 0 aliphatic carbocycles. The van der Waals surface area contributed by atoms with E-state index in [2.05, 4.69) is 4.98 Å². The number of nitrogens with zero attached hydrogens (tertiary/aromatic N) is 1. The minimum Gasteiger partial charge on any atom is -0.324 e. The predicted octanol–water partition coefficient (Wildman–Crippen LogP) is 2.53. The standard InChI is InChI=1S/C9H12ClFN2/c1-5(2)8(12)6-3-7(10)9(11)13-4-6/h3-5,8H,12H2,1-2H3/t8-/m0/s1. The summed E-state index contributed by atoms with van der Waals surface area (Å²) in [7, 11) is 0. The molecule has 0 amide bonds. The number of halogens is 2. The first kappa shape index (κ1) is 10.4. The normalized spacial score (nSPS) is 13.4. The molecule has 0 aliphatic heterocycles. The van der Waals surface area contributed by atoms with E-state index in [1.807, 2.05) is 13.8 Å². The van der Waals surface area contributed by atoms with Crippen molar-refractivity contribution in [3.8, 4) is 0 Å². The molecule has 0 spiro atoms. The summed E-state index contributed by atoms with van der Waals surface area (Å²) in [6.45, 7) is 3.98. The van der Waals surface area contributed by atoms with Gasteiger partial charge in [-0.05, 0) is 17.5 Å². The summed E-state index contributed by atoms with van der Waals surface area (Å²) in [6, 6.07) is 1.37. The molecule has 0 aliphatic rings. The Morgan fingerprint density at radius 2 is 2.15 bits per heavy atom. The second-order valence-corrected chi connectivity index (χ2v) is 3.72. The monoisotopic (exact) mass is 202 g/mol. The maximum absolute atomic E-state index is 12.7. The molecule has 0 saturated carbocycles. The van der Waals surface area contributed by atoms with Crippen molar-refractivity contribution in [1.82, 2.24) is 4.98 Å². The summed E-state index contributed by atoms with van der Waals surface area (Å²) in [5, 5.41) is 0.0219. The van der Waals surface area contributed by atoms with Crippen molar-refractivity contribution in [2.24, 2.45) is 11.7 Å². The van der Waals surface area contributed by atoms with Crippen LogP contribution in [0.3, 0.4) is 0 Å². The Kier molecular flexibility index (Phi) is 3.22. The van der Waals surface area contributed by atoms with Gasteiger partial charge in [0.1, 0.15) is 0 Å². The van der Waals surface area contributed by atoms with Crippen LogP contribution in [0.5, 0.6) is 0 Å². The van der Waals surface area contributed by atoms with Crippen LogP contribution in [0.2, 0.25) is 5.02 Å². The van der Waals surface area contributed by atoms with Gasteiger partial charge in [0.2, 0.25) is 5.95 Å². The second kappa shape index (κ2) is 4.03. The molecular formula is C9H12ClFN2. The molecule has 0 radical (unpaired) electrons. The lowest BCUT2D eigenvalue weighted by Crippen LogP contribution is -2.17. The van der Waals surface area contributed by atoms with E-state index in [1.54, 1.807) is 0 Å². The van der Waals surface area contributed by atoms with Gasteiger partial charge in [-0.15, -0.1) is 0 Å². The summed E-state index contributed by atoms with van der Waals surface area (Å²) >= 11 is 5.57. The summed E-state index contributed by atoms with van der Waals surface area (Å²) < 4.78 is 12.7. The molecular weight excluding hydrogens is 191 g/mol. The topological polar surface area (TPSA) is 38.9 Å². The smallest absolute Gasteiger partial charge is 0.231 e. The van der Waals surface area contributed by atoms with Gasteiger partial charge in [-0.2, -0.15) is 4.39 Å².